The number of nitrogens with two attached hydrogens (primary N) is 1. The van der Waals surface area contributed by atoms with Crippen LogP contribution in [0.2, 0.25) is 0 Å². The molecule has 0 saturated carbocycles. The van der Waals surface area contributed by atoms with Gasteiger partial charge in [0.1, 0.15) is 5.75 Å². The monoisotopic (exact) mass is 262 g/mol. The van der Waals surface area contributed by atoms with Crippen LogP contribution in [0.4, 0.5) is 0 Å². The molecule has 104 valence electrons. The molecule has 1 fully saturated rings. The van der Waals surface area contributed by atoms with Crippen molar-refractivity contribution in [3.8, 4) is 5.75 Å². The minimum atomic E-state index is -0.0434. The van der Waals surface area contributed by atoms with Gasteiger partial charge in [-0.1, -0.05) is 25.1 Å². The summed E-state index contributed by atoms with van der Waals surface area (Å²) in [6.45, 7) is 3.86. The average Bonchev–Trinajstić information content (AvgIpc) is 2.98. The third-order valence-electron chi connectivity index (χ3n) is 3.57. The lowest BCUT2D eigenvalue weighted by Crippen LogP contribution is -2.32. The minimum absolute atomic E-state index is 0.0434. The summed E-state index contributed by atoms with van der Waals surface area (Å²) in [7, 11) is 0. The van der Waals surface area contributed by atoms with E-state index in [0.29, 0.717) is 0 Å². The maximum absolute atomic E-state index is 11.9. The van der Waals surface area contributed by atoms with E-state index >= 15 is 0 Å². The first-order chi connectivity index (χ1) is 9.22. The number of nitrogens with zero attached hydrogens (tertiary/aromatic N) is 1. The van der Waals surface area contributed by atoms with Gasteiger partial charge in [-0.2, -0.15) is 0 Å². The molecule has 1 amide bonds. The second kappa shape index (κ2) is 6.57. The molecule has 4 nitrogen and oxygen atoms in total. The predicted molar refractivity (Wildman–Crippen MR) is 75.0 cm³/mol. The number of carbonyl (C=O) groups is 1. The number of benzene rings is 1. The zero-order valence-corrected chi connectivity index (χ0v) is 11.5. The Hall–Kier alpha value is -1.55. The third kappa shape index (κ3) is 3.47. The van der Waals surface area contributed by atoms with Gasteiger partial charge in [-0.3, -0.25) is 4.79 Å². The van der Waals surface area contributed by atoms with Crippen LogP contribution in [0.5, 0.6) is 5.75 Å². The quantitative estimate of drug-likeness (QED) is 0.884. The molecule has 0 bridgehead atoms. The summed E-state index contributed by atoms with van der Waals surface area (Å²) in [5, 5.41) is 0. The Morgan fingerprint density at radius 2 is 2.05 bits per heavy atom. The topological polar surface area (TPSA) is 55.6 Å². The molecule has 0 radical (unpaired) electrons. The second-order valence-electron chi connectivity index (χ2n) is 4.93. The van der Waals surface area contributed by atoms with E-state index in [-0.39, 0.29) is 18.6 Å². The van der Waals surface area contributed by atoms with Crippen molar-refractivity contribution in [1.82, 2.24) is 4.90 Å². The van der Waals surface area contributed by atoms with Crippen molar-refractivity contribution in [3.05, 3.63) is 29.8 Å². The van der Waals surface area contributed by atoms with E-state index in [2.05, 4.69) is 0 Å². The molecule has 0 unspecified atom stereocenters. The number of carbonyl (C=O) groups excluding carboxylic acids is 1. The molecule has 4 heteroatoms. The van der Waals surface area contributed by atoms with E-state index in [1.807, 2.05) is 36.1 Å². The molecule has 1 saturated heterocycles. The van der Waals surface area contributed by atoms with Crippen molar-refractivity contribution in [3.63, 3.8) is 0 Å². The van der Waals surface area contributed by atoms with Gasteiger partial charge < -0.3 is 15.4 Å². The van der Waals surface area contributed by atoms with E-state index in [4.69, 9.17) is 10.5 Å². The zero-order chi connectivity index (χ0) is 13.7. The highest BCUT2D eigenvalue weighted by Crippen LogP contribution is 2.25. The standard InChI is InChI=1S/C15H22N2O2/c1-2-13(16)12-7-3-4-8-14(12)19-11-15(18)17-9-5-6-10-17/h3-4,7-8,13H,2,5-6,9-11,16H2,1H3/t13-/m1/s1. The van der Waals surface area contributed by atoms with Crippen LogP contribution in [0, 0.1) is 0 Å². The van der Waals surface area contributed by atoms with Crippen molar-refractivity contribution in [2.75, 3.05) is 19.7 Å². The molecular weight excluding hydrogens is 240 g/mol. The van der Waals surface area contributed by atoms with E-state index in [1.165, 1.54) is 0 Å². The van der Waals surface area contributed by atoms with Crippen LogP contribution in [-0.4, -0.2) is 30.5 Å². The Labute approximate surface area is 114 Å². The van der Waals surface area contributed by atoms with Crippen LogP contribution in [0.25, 0.3) is 0 Å². The predicted octanol–water partition coefficient (Wildman–Crippen LogP) is 2.10. The maximum atomic E-state index is 11.9. The van der Waals surface area contributed by atoms with Crippen molar-refractivity contribution in [2.24, 2.45) is 5.73 Å². The zero-order valence-electron chi connectivity index (χ0n) is 11.5. The normalized spacial score (nSPS) is 16.4. The van der Waals surface area contributed by atoms with Gasteiger partial charge in [0, 0.05) is 24.7 Å². The lowest BCUT2D eigenvalue weighted by atomic mass is 10.0. The van der Waals surface area contributed by atoms with E-state index < -0.39 is 0 Å². The van der Waals surface area contributed by atoms with Gasteiger partial charge in [0.15, 0.2) is 6.61 Å². The highest BCUT2D eigenvalue weighted by molar-refractivity contribution is 5.78. The number of ether oxygens (including phenoxy) is 1. The molecule has 1 atom stereocenters. The molecule has 0 aliphatic carbocycles. The first-order valence-corrected chi connectivity index (χ1v) is 6.97. The molecule has 1 aromatic rings. The molecule has 1 heterocycles. The van der Waals surface area contributed by atoms with Crippen molar-refractivity contribution < 1.29 is 9.53 Å². The summed E-state index contributed by atoms with van der Waals surface area (Å²) < 4.78 is 5.66. The van der Waals surface area contributed by atoms with Crippen LogP contribution >= 0.6 is 0 Å². The van der Waals surface area contributed by atoms with Crippen LogP contribution in [-0.2, 0) is 4.79 Å². The number of hydrogen-bond donors (Lipinski definition) is 1. The fourth-order valence-corrected chi connectivity index (χ4v) is 2.34. The Kier molecular flexibility index (Phi) is 4.80. The molecule has 0 aromatic heterocycles. The second-order valence-corrected chi connectivity index (χ2v) is 4.93. The molecule has 0 spiro atoms. The summed E-state index contributed by atoms with van der Waals surface area (Å²) in [6.07, 6.45) is 3.05. The molecule has 2 N–H and O–H groups in total. The van der Waals surface area contributed by atoms with Crippen molar-refractivity contribution in [2.45, 2.75) is 32.2 Å². The maximum Gasteiger partial charge on any atom is 0.260 e. The Morgan fingerprint density at radius 3 is 2.74 bits per heavy atom. The number of hydrogen-bond acceptors (Lipinski definition) is 3. The molecule has 19 heavy (non-hydrogen) atoms. The fourth-order valence-electron chi connectivity index (χ4n) is 2.34. The molecule has 1 aliphatic rings. The van der Waals surface area contributed by atoms with Gasteiger partial charge in [-0.05, 0) is 25.3 Å². The first kappa shape index (κ1) is 13.9. The summed E-state index contributed by atoms with van der Waals surface area (Å²) in [6, 6.07) is 7.64. The van der Waals surface area contributed by atoms with E-state index in [0.717, 1.165) is 43.7 Å². The summed E-state index contributed by atoms with van der Waals surface area (Å²) in [5.41, 5.74) is 7.02. The minimum Gasteiger partial charge on any atom is -0.483 e. The third-order valence-corrected chi connectivity index (χ3v) is 3.57. The number of rotatable bonds is 5. The first-order valence-electron chi connectivity index (χ1n) is 6.97. The summed E-state index contributed by atoms with van der Waals surface area (Å²) in [5.74, 6) is 0.793. The Morgan fingerprint density at radius 1 is 1.37 bits per heavy atom. The molecular formula is C15H22N2O2. The van der Waals surface area contributed by atoms with Gasteiger partial charge in [0.25, 0.3) is 5.91 Å². The number of amides is 1. The lowest BCUT2D eigenvalue weighted by Gasteiger charge is -2.18. The van der Waals surface area contributed by atoms with Gasteiger partial charge in [0.05, 0.1) is 0 Å². The SMILES string of the molecule is CC[C@@H](N)c1ccccc1OCC(=O)N1CCCC1. The summed E-state index contributed by atoms with van der Waals surface area (Å²) >= 11 is 0. The highest BCUT2D eigenvalue weighted by Gasteiger charge is 2.19. The lowest BCUT2D eigenvalue weighted by molar-refractivity contribution is -0.132. The van der Waals surface area contributed by atoms with Crippen molar-refractivity contribution >= 4 is 5.91 Å². The van der Waals surface area contributed by atoms with Crippen LogP contribution < -0.4 is 10.5 Å². The summed E-state index contributed by atoms with van der Waals surface area (Å²) in [4.78, 5) is 13.8. The van der Waals surface area contributed by atoms with Gasteiger partial charge in [-0.25, -0.2) is 0 Å². The number of likely N-dealkylation sites (tertiary alicyclic amines) is 1. The van der Waals surface area contributed by atoms with Gasteiger partial charge in [0.2, 0.25) is 0 Å². The largest absolute Gasteiger partial charge is 0.483 e. The molecule has 2 rings (SSSR count). The van der Waals surface area contributed by atoms with E-state index in [9.17, 15) is 4.79 Å². The van der Waals surface area contributed by atoms with Gasteiger partial charge in [-0.15, -0.1) is 0 Å². The Bertz CT molecular complexity index is 428. The Balaban J connectivity index is 1.97. The number of para-hydroxylation sites is 1. The van der Waals surface area contributed by atoms with Gasteiger partial charge >= 0.3 is 0 Å². The van der Waals surface area contributed by atoms with Crippen LogP contribution in [0.15, 0.2) is 24.3 Å². The highest BCUT2D eigenvalue weighted by atomic mass is 16.5. The average molecular weight is 262 g/mol. The van der Waals surface area contributed by atoms with Crippen molar-refractivity contribution in [1.29, 1.82) is 0 Å². The van der Waals surface area contributed by atoms with Crippen LogP contribution in [0.1, 0.15) is 37.8 Å². The molecule has 1 aliphatic heterocycles. The smallest absolute Gasteiger partial charge is 0.260 e. The fraction of sp³-hybridized carbons (Fsp3) is 0.533. The van der Waals surface area contributed by atoms with Crippen LogP contribution in [0.3, 0.4) is 0 Å². The molecule has 1 aromatic carbocycles. The van der Waals surface area contributed by atoms with E-state index in [1.54, 1.807) is 0 Å².